The smallest absolute Gasteiger partial charge is 0.145 e. The number of benzene rings is 1. The number of ketones is 1. The van der Waals surface area contributed by atoms with Gasteiger partial charge in [-0.15, -0.1) is 11.3 Å². The molecule has 1 atom stereocenters. The molecule has 1 aromatic carbocycles. The first-order chi connectivity index (χ1) is 9.78. The van der Waals surface area contributed by atoms with Crippen molar-refractivity contribution in [3.05, 3.63) is 51.7 Å². The van der Waals surface area contributed by atoms with Gasteiger partial charge < -0.3 is 4.74 Å². The van der Waals surface area contributed by atoms with E-state index in [2.05, 4.69) is 19.1 Å². The maximum absolute atomic E-state index is 12.6. The van der Waals surface area contributed by atoms with Crippen LogP contribution in [0, 0.1) is 0 Å². The lowest BCUT2D eigenvalue weighted by molar-refractivity contribution is -0.120. The van der Waals surface area contributed by atoms with Crippen LogP contribution in [0.3, 0.4) is 0 Å². The standard InChI is InChI=1S/C17H18O2S/c1-2-12-7-8-13(20-12)11-16(18)14-9-10-19-17-6-4-3-5-15(14)17/h3-8,14H,2,9-11H2,1H3. The Morgan fingerprint density at radius 3 is 2.85 bits per heavy atom. The van der Waals surface area contributed by atoms with Crippen LogP contribution >= 0.6 is 11.3 Å². The van der Waals surface area contributed by atoms with Crippen molar-refractivity contribution in [3.63, 3.8) is 0 Å². The molecule has 0 spiro atoms. The number of hydrogen-bond acceptors (Lipinski definition) is 3. The Bertz CT molecular complexity index is 615. The van der Waals surface area contributed by atoms with Crippen molar-refractivity contribution in [2.45, 2.75) is 32.1 Å². The van der Waals surface area contributed by atoms with Crippen molar-refractivity contribution >= 4 is 17.1 Å². The fourth-order valence-electron chi connectivity index (χ4n) is 2.68. The molecule has 2 nitrogen and oxygen atoms in total. The van der Waals surface area contributed by atoms with Crippen molar-refractivity contribution in [3.8, 4) is 5.75 Å². The highest BCUT2D eigenvalue weighted by Gasteiger charge is 2.27. The van der Waals surface area contributed by atoms with Crippen LogP contribution < -0.4 is 4.74 Å². The summed E-state index contributed by atoms with van der Waals surface area (Å²) in [5.74, 6) is 1.18. The molecule has 20 heavy (non-hydrogen) atoms. The van der Waals surface area contributed by atoms with Crippen molar-refractivity contribution in [2.24, 2.45) is 0 Å². The molecule has 1 aromatic heterocycles. The summed E-state index contributed by atoms with van der Waals surface area (Å²) < 4.78 is 5.63. The first-order valence-electron chi connectivity index (χ1n) is 7.10. The van der Waals surface area contributed by atoms with Gasteiger partial charge in [0.15, 0.2) is 0 Å². The molecule has 0 radical (unpaired) electrons. The number of ether oxygens (including phenoxy) is 1. The van der Waals surface area contributed by atoms with Gasteiger partial charge in [0.2, 0.25) is 0 Å². The van der Waals surface area contributed by atoms with Crippen LogP contribution in [0.5, 0.6) is 5.75 Å². The molecule has 2 aromatic rings. The Morgan fingerprint density at radius 2 is 2.05 bits per heavy atom. The van der Waals surface area contributed by atoms with Gasteiger partial charge in [-0.05, 0) is 31.0 Å². The van der Waals surface area contributed by atoms with Crippen molar-refractivity contribution in [1.82, 2.24) is 0 Å². The second-order valence-electron chi connectivity index (χ2n) is 5.09. The normalized spacial score (nSPS) is 17.4. The molecule has 1 unspecified atom stereocenters. The van der Waals surface area contributed by atoms with Crippen LogP contribution in [-0.4, -0.2) is 12.4 Å². The summed E-state index contributed by atoms with van der Waals surface area (Å²) in [7, 11) is 0. The van der Waals surface area contributed by atoms with Gasteiger partial charge in [0.25, 0.3) is 0 Å². The topological polar surface area (TPSA) is 26.3 Å². The molecule has 1 aliphatic heterocycles. The molecule has 3 rings (SSSR count). The summed E-state index contributed by atoms with van der Waals surface area (Å²) in [5.41, 5.74) is 1.05. The quantitative estimate of drug-likeness (QED) is 0.849. The Morgan fingerprint density at radius 1 is 1.25 bits per heavy atom. The van der Waals surface area contributed by atoms with Crippen molar-refractivity contribution in [2.75, 3.05) is 6.61 Å². The number of Topliss-reactive ketones (excluding diaryl/α,β-unsaturated/α-hetero) is 1. The zero-order chi connectivity index (χ0) is 13.9. The lowest BCUT2D eigenvalue weighted by Gasteiger charge is -2.24. The zero-order valence-corrected chi connectivity index (χ0v) is 12.4. The molecule has 0 aliphatic carbocycles. The van der Waals surface area contributed by atoms with Gasteiger partial charge in [0.05, 0.1) is 6.61 Å². The van der Waals surface area contributed by atoms with Gasteiger partial charge >= 0.3 is 0 Å². The molecule has 3 heteroatoms. The second-order valence-corrected chi connectivity index (χ2v) is 6.35. The molecule has 0 amide bonds. The lowest BCUT2D eigenvalue weighted by atomic mass is 9.88. The number of para-hydroxylation sites is 1. The predicted octanol–water partition coefficient (Wildman–Crippen LogP) is 3.99. The van der Waals surface area contributed by atoms with Gasteiger partial charge in [-0.1, -0.05) is 25.1 Å². The fourth-order valence-corrected chi connectivity index (χ4v) is 3.65. The van der Waals surface area contributed by atoms with Gasteiger partial charge in [0.1, 0.15) is 11.5 Å². The largest absolute Gasteiger partial charge is 0.493 e. The van der Waals surface area contributed by atoms with Gasteiger partial charge in [0, 0.05) is 27.7 Å². The molecule has 1 aliphatic rings. The minimum Gasteiger partial charge on any atom is -0.493 e. The zero-order valence-electron chi connectivity index (χ0n) is 11.6. The number of carbonyl (C=O) groups excluding carboxylic acids is 1. The van der Waals surface area contributed by atoms with Crippen LogP contribution in [0.1, 0.15) is 34.6 Å². The van der Waals surface area contributed by atoms with Crippen LogP contribution in [0.15, 0.2) is 36.4 Å². The maximum Gasteiger partial charge on any atom is 0.145 e. The minimum atomic E-state index is -0.00729. The Labute approximate surface area is 123 Å². The lowest BCUT2D eigenvalue weighted by Crippen LogP contribution is -2.22. The molecule has 0 fully saturated rings. The Kier molecular flexibility index (Phi) is 3.88. The average Bonchev–Trinajstić information content (AvgIpc) is 2.94. The van der Waals surface area contributed by atoms with E-state index in [0.29, 0.717) is 18.8 Å². The van der Waals surface area contributed by atoms with Crippen molar-refractivity contribution < 1.29 is 9.53 Å². The number of thiophene rings is 1. The number of hydrogen-bond donors (Lipinski definition) is 0. The van der Waals surface area contributed by atoms with E-state index in [4.69, 9.17) is 4.74 Å². The van der Waals surface area contributed by atoms with Crippen LogP contribution in [0.4, 0.5) is 0 Å². The predicted molar refractivity (Wildman–Crippen MR) is 81.7 cm³/mol. The SMILES string of the molecule is CCc1ccc(CC(=O)C2CCOc3ccccc32)s1. The van der Waals surface area contributed by atoms with E-state index in [0.717, 1.165) is 24.2 Å². The first-order valence-corrected chi connectivity index (χ1v) is 7.91. The summed E-state index contributed by atoms with van der Waals surface area (Å²) in [6.45, 7) is 2.78. The van der Waals surface area contributed by atoms with Crippen LogP contribution in [-0.2, 0) is 17.6 Å². The van der Waals surface area contributed by atoms with Crippen LogP contribution in [0.2, 0.25) is 0 Å². The molecule has 104 valence electrons. The molecular formula is C17H18O2S. The monoisotopic (exact) mass is 286 g/mol. The van der Waals surface area contributed by atoms with Gasteiger partial charge in [-0.25, -0.2) is 0 Å². The number of rotatable bonds is 4. The fraction of sp³-hybridized carbons (Fsp3) is 0.353. The summed E-state index contributed by atoms with van der Waals surface area (Å²) in [6.07, 6.45) is 2.38. The average molecular weight is 286 g/mol. The Hall–Kier alpha value is -1.61. The molecule has 0 saturated heterocycles. The summed E-state index contributed by atoms with van der Waals surface area (Å²) in [4.78, 5) is 15.1. The van der Waals surface area contributed by atoms with E-state index in [1.54, 1.807) is 11.3 Å². The van der Waals surface area contributed by atoms with E-state index in [1.165, 1.54) is 9.75 Å². The van der Waals surface area contributed by atoms with E-state index in [1.807, 2.05) is 24.3 Å². The Balaban J connectivity index is 1.78. The van der Waals surface area contributed by atoms with Gasteiger partial charge in [-0.3, -0.25) is 4.79 Å². The highest BCUT2D eigenvalue weighted by molar-refractivity contribution is 7.12. The molecular weight excluding hydrogens is 268 g/mol. The van der Waals surface area contributed by atoms with Crippen molar-refractivity contribution in [1.29, 1.82) is 0 Å². The van der Waals surface area contributed by atoms with E-state index < -0.39 is 0 Å². The van der Waals surface area contributed by atoms with Gasteiger partial charge in [-0.2, -0.15) is 0 Å². The highest BCUT2D eigenvalue weighted by atomic mass is 32.1. The minimum absolute atomic E-state index is 0.00729. The third kappa shape index (κ3) is 2.63. The van der Waals surface area contributed by atoms with E-state index >= 15 is 0 Å². The highest BCUT2D eigenvalue weighted by Crippen LogP contribution is 2.35. The number of aryl methyl sites for hydroxylation is 1. The van der Waals surface area contributed by atoms with E-state index in [-0.39, 0.29) is 5.92 Å². The van der Waals surface area contributed by atoms with Crippen LogP contribution in [0.25, 0.3) is 0 Å². The number of fused-ring (bicyclic) bond motifs is 1. The first kappa shape index (κ1) is 13.4. The molecule has 0 bridgehead atoms. The second kappa shape index (κ2) is 5.80. The molecule has 0 saturated carbocycles. The number of carbonyl (C=O) groups is 1. The summed E-state index contributed by atoms with van der Waals surface area (Å²) >= 11 is 1.75. The summed E-state index contributed by atoms with van der Waals surface area (Å²) in [5, 5.41) is 0. The molecule has 2 heterocycles. The molecule has 0 N–H and O–H groups in total. The maximum atomic E-state index is 12.6. The van der Waals surface area contributed by atoms with E-state index in [9.17, 15) is 4.79 Å². The third-order valence-corrected chi connectivity index (χ3v) is 4.99. The third-order valence-electron chi connectivity index (χ3n) is 3.76. The summed E-state index contributed by atoms with van der Waals surface area (Å²) in [6, 6.07) is 12.1.